The van der Waals surface area contributed by atoms with Crippen molar-refractivity contribution < 1.29 is 27.1 Å². The number of anilines is 1. The molecule has 0 radical (unpaired) electrons. The number of nitrogens with one attached hydrogen (secondary N) is 1. The number of amides is 1. The molecule has 11 heteroatoms. The maximum absolute atomic E-state index is 13.5. The van der Waals surface area contributed by atoms with Crippen molar-refractivity contribution >= 4 is 33.0 Å². The lowest BCUT2D eigenvalue weighted by atomic mass is 10.1. The zero-order valence-electron chi connectivity index (χ0n) is 19.2. The molecule has 0 aliphatic rings. The zero-order chi connectivity index (χ0) is 25.9. The van der Waals surface area contributed by atoms with Crippen LogP contribution in [0, 0.1) is 5.82 Å². The van der Waals surface area contributed by atoms with E-state index in [2.05, 4.69) is 10.3 Å². The number of imidazole rings is 1. The Bertz CT molecular complexity index is 1540. The highest BCUT2D eigenvalue weighted by Gasteiger charge is 2.28. The number of benzene rings is 3. The van der Waals surface area contributed by atoms with Crippen LogP contribution in [0.1, 0.15) is 0 Å². The summed E-state index contributed by atoms with van der Waals surface area (Å²) in [7, 11) is -1.28. The van der Waals surface area contributed by atoms with Crippen LogP contribution in [-0.4, -0.2) is 43.8 Å². The third-order valence-electron chi connectivity index (χ3n) is 5.17. The van der Waals surface area contributed by atoms with Gasteiger partial charge < -0.3 is 14.8 Å². The van der Waals surface area contributed by atoms with E-state index >= 15 is 0 Å². The number of nitrogens with zero attached hydrogens (tertiary/aromatic N) is 2. The summed E-state index contributed by atoms with van der Waals surface area (Å²) in [6, 6.07) is 16.8. The molecule has 8 nitrogen and oxygen atoms in total. The number of sulfone groups is 1. The summed E-state index contributed by atoms with van der Waals surface area (Å²) in [5.74, 6) is -1.41. The van der Waals surface area contributed by atoms with Crippen molar-refractivity contribution in [2.75, 3.05) is 25.3 Å². The molecule has 0 aliphatic heterocycles. The van der Waals surface area contributed by atoms with E-state index in [1.807, 2.05) is 0 Å². The van der Waals surface area contributed by atoms with Gasteiger partial charge in [0.15, 0.2) is 11.5 Å². The van der Waals surface area contributed by atoms with Gasteiger partial charge in [0.25, 0.3) is 0 Å². The second kappa shape index (κ2) is 10.4. The van der Waals surface area contributed by atoms with Crippen LogP contribution in [0.3, 0.4) is 0 Å². The molecule has 0 aliphatic carbocycles. The van der Waals surface area contributed by atoms with E-state index in [1.54, 1.807) is 42.5 Å². The van der Waals surface area contributed by atoms with Crippen LogP contribution in [0.4, 0.5) is 10.1 Å². The van der Waals surface area contributed by atoms with Crippen molar-refractivity contribution in [3.8, 4) is 28.4 Å². The van der Waals surface area contributed by atoms with Crippen molar-refractivity contribution in [3.05, 3.63) is 83.8 Å². The van der Waals surface area contributed by atoms with E-state index in [1.165, 1.54) is 43.2 Å². The normalized spacial score (nSPS) is 11.2. The number of halogens is 2. The second-order valence-electron chi connectivity index (χ2n) is 7.62. The number of methoxy groups -OCH3 is 2. The first-order valence-corrected chi connectivity index (χ1v) is 12.6. The predicted molar refractivity (Wildman–Crippen MR) is 134 cm³/mol. The van der Waals surface area contributed by atoms with Crippen molar-refractivity contribution in [1.82, 2.24) is 9.55 Å². The van der Waals surface area contributed by atoms with Gasteiger partial charge in [-0.1, -0.05) is 29.8 Å². The topological polar surface area (TPSA) is 99.5 Å². The summed E-state index contributed by atoms with van der Waals surface area (Å²) in [5, 5.41) is 2.30. The third-order valence-corrected chi connectivity index (χ3v) is 6.98. The van der Waals surface area contributed by atoms with Gasteiger partial charge in [-0.25, -0.2) is 17.8 Å². The van der Waals surface area contributed by atoms with E-state index in [4.69, 9.17) is 21.1 Å². The minimum Gasteiger partial charge on any atom is -0.493 e. The lowest BCUT2D eigenvalue weighted by Gasteiger charge is -2.10. The second-order valence-corrected chi connectivity index (χ2v) is 9.91. The predicted octanol–water partition coefficient (Wildman–Crippen LogP) is 4.76. The van der Waals surface area contributed by atoms with Crippen LogP contribution < -0.4 is 14.8 Å². The van der Waals surface area contributed by atoms with E-state index in [0.29, 0.717) is 28.4 Å². The fraction of sp³-hybridized carbons (Fsp3) is 0.120. The molecule has 1 amide bonds. The fourth-order valence-electron chi connectivity index (χ4n) is 3.54. The van der Waals surface area contributed by atoms with Crippen LogP contribution in [0.25, 0.3) is 16.9 Å². The number of carbonyl (C=O) groups is 1. The van der Waals surface area contributed by atoms with E-state index < -0.39 is 27.3 Å². The van der Waals surface area contributed by atoms with Gasteiger partial charge in [0.05, 0.1) is 30.6 Å². The average Bonchev–Trinajstić information content (AvgIpc) is 3.30. The Labute approximate surface area is 212 Å². The molecule has 36 heavy (non-hydrogen) atoms. The van der Waals surface area contributed by atoms with Gasteiger partial charge in [0.2, 0.25) is 20.9 Å². The molecule has 186 valence electrons. The highest BCUT2D eigenvalue weighted by atomic mass is 35.5. The first-order chi connectivity index (χ1) is 17.2. The molecule has 1 heterocycles. The molecule has 4 rings (SSSR count). The Hall–Kier alpha value is -3.89. The van der Waals surface area contributed by atoms with Gasteiger partial charge in [0, 0.05) is 17.4 Å². The largest absolute Gasteiger partial charge is 0.493 e. The maximum Gasteiger partial charge on any atom is 0.240 e. The lowest BCUT2D eigenvalue weighted by Crippen LogP contribution is -2.25. The highest BCUT2D eigenvalue weighted by molar-refractivity contribution is 7.92. The molecule has 4 aromatic rings. The minimum absolute atomic E-state index is 0.135. The Morgan fingerprint density at radius 2 is 1.78 bits per heavy atom. The third kappa shape index (κ3) is 5.34. The molecule has 0 unspecified atom stereocenters. The van der Waals surface area contributed by atoms with Crippen LogP contribution in [-0.2, 0) is 14.6 Å². The first kappa shape index (κ1) is 25.2. The molecule has 0 fully saturated rings. The summed E-state index contributed by atoms with van der Waals surface area (Å²) in [5.41, 5.74) is 1.36. The highest BCUT2D eigenvalue weighted by Crippen LogP contribution is 2.34. The van der Waals surface area contributed by atoms with E-state index in [0.717, 1.165) is 6.07 Å². The fourth-order valence-corrected chi connectivity index (χ4v) is 5.00. The Kier molecular flexibility index (Phi) is 7.27. The minimum atomic E-state index is -4.27. The van der Waals surface area contributed by atoms with Crippen molar-refractivity contribution in [2.24, 2.45) is 0 Å². The molecule has 0 atom stereocenters. The quantitative estimate of drug-likeness (QED) is 0.353. The maximum atomic E-state index is 13.5. The molecular formula is C25H21ClFN3O5S. The summed E-state index contributed by atoms with van der Waals surface area (Å²) >= 11 is 6.36. The molecular weight excluding hydrogens is 509 g/mol. The van der Waals surface area contributed by atoms with Crippen LogP contribution in [0.5, 0.6) is 11.5 Å². The smallest absolute Gasteiger partial charge is 0.240 e. The van der Waals surface area contributed by atoms with Crippen molar-refractivity contribution in [3.63, 3.8) is 0 Å². The summed E-state index contributed by atoms with van der Waals surface area (Å²) in [4.78, 5) is 16.9. The molecule has 0 saturated carbocycles. The standard InChI is InChI=1S/C25H21ClFN3O5S/c1-34-22-11-10-16(12-23(22)35-2)20-14-30(21-9-4-3-8-19(21)26)25(29-20)36(32,33)15-24(31)28-18-7-5-6-17(27)13-18/h3-14H,15H2,1-2H3,(H,28,31). The lowest BCUT2D eigenvalue weighted by molar-refractivity contribution is -0.113. The Balaban J connectivity index is 1.76. The van der Waals surface area contributed by atoms with Gasteiger partial charge >= 0.3 is 0 Å². The molecule has 0 bridgehead atoms. The van der Waals surface area contributed by atoms with Crippen LogP contribution in [0.2, 0.25) is 5.02 Å². The molecule has 0 saturated heterocycles. The number of carbonyl (C=O) groups excluding carboxylic acids is 1. The van der Waals surface area contributed by atoms with Gasteiger partial charge in [-0.3, -0.25) is 9.36 Å². The number of rotatable bonds is 8. The van der Waals surface area contributed by atoms with Gasteiger partial charge in [-0.05, 0) is 48.5 Å². The summed E-state index contributed by atoms with van der Waals surface area (Å²) < 4.78 is 52.1. The monoisotopic (exact) mass is 529 g/mol. The number of ether oxygens (including phenoxy) is 2. The molecule has 3 aromatic carbocycles. The Morgan fingerprint density at radius 1 is 1.03 bits per heavy atom. The number of aromatic nitrogens is 2. The Morgan fingerprint density at radius 3 is 2.47 bits per heavy atom. The van der Waals surface area contributed by atoms with Crippen molar-refractivity contribution in [2.45, 2.75) is 5.16 Å². The van der Waals surface area contributed by atoms with Crippen LogP contribution >= 0.6 is 11.6 Å². The van der Waals surface area contributed by atoms with Gasteiger partial charge in [-0.2, -0.15) is 0 Å². The molecule has 1 N–H and O–H groups in total. The van der Waals surface area contributed by atoms with Crippen LogP contribution in [0.15, 0.2) is 78.1 Å². The van der Waals surface area contributed by atoms with E-state index in [-0.39, 0.29) is 15.9 Å². The molecule has 1 aromatic heterocycles. The van der Waals surface area contributed by atoms with Gasteiger partial charge in [-0.15, -0.1) is 0 Å². The molecule has 0 spiro atoms. The number of para-hydroxylation sites is 1. The summed E-state index contributed by atoms with van der Waals surface area (Å²) in [6.45, 7) is 0. The average molecular weight is 530 g/mol. The SMILES string of the molecule is COc1ccc(-c2cn(-c3ccccc3Cl)c(S(=O)(=O)CC(=O)Nc3cccc(F)c3)n2)cc1OC. The van der Waals surface area contributed by atoms with E-state index in [9.17, 15) is 17.6 Å². The zero-order valence-corrected chi connectivity index (χ0v) is 20.8. The first-order valence-electron chi connectivity index (χ1n) is 10.6. The number of hydrogen-bond donors (Lipinski definition) is 1. The van der Waals surface area contributed by atoms with Gasteiger partial charge in [0.1, 0.15) is 11.6 Å². The number of hydrogen-bond acceptors (Lipinski definition) is 6. The van der Waals surface area contributed by atoms with Crippen molar-refractivity contribution in [1.29, 1.82) is 0 Å². The summed E-state index contributed by atoms with van der Waals surface area (Å²) in [6.07, 6.45) is 1.51.